The van der Waals surface area contributed by atoms with Crippen LogP contribution in [-0.2, 0) is 6.54 Å². The average molecular weight is 391 g/mol. The first-order valence-electron chi connectivity index (χ1n) is 10.5. The Morgan fingerprint density at radius 1 is 0.966 bits per heavy atom. The Kier molecular flexibility index (Phi) is 6.20. The van der Waals surface area contributed by atoms with E-state index in [4.69, 9.17) is 9.97 Å². The van der Waals surface area contributed by atoms with E-state index in [9.17, 15) is 0 Å². The summed E-state index contributed by atoms with van der Waals surface area (Å²) >= 11 is 0. The van der Waals surface area contributed by atoms with Crippen LogP contribution in [0.5, 0.6) is 0 Å². The zero-order chi connectivity index (χ0) is 20.1. The quantitative estimate of drug-likeness (QED) is 0.639. The van der Waals surface area contributed by atoms with Gasteiger partial charge in [-0.1, -0.05) is 12.1 Å². The van der Waals surface area contributed by atoms with Crippen molar-refractivity contribution in [2.45, 2.75) is 38.3 Å². The van der Waals surface area contributed by atoms with E-state index >= 15 is 0 Å². The number of hydrogen-bond acceptors (Lipinski definition) is 6. The highest BCUT2D eigenvalue weighted by atomic mass is 15.2. The van der Waals surface area contributed by atoms with Crippen LogP contribution in [0.1, 0.15) is 31.2 Å². The van der Waals surface area contributed by atoms with E-state index in [-0.39, 0.29) is 0 Å². The van der Waals surface area contributed by atoms with E-state index in [1.165, 1.54) is 18.4 Å². The molecule has 6 heteroatoms. The van der Waals surface area contributed by atoms with Crippen molar-refractivity contribution >= 4 is 22.7 Å². The second kappa shape index (κ2) is 9.18. The van der Waals surface area contributed by atoms with Crippen molar-refractivity contribution in [1.29, 1.82) is 0 Å². The van der Waals surface area contributed by atoms with Crippen molar-refractivity contribution in [1.82, 2.24) is 20.3 Å². The number of anilines is 2. The van der Waals surface area contributed by atoms with Crippen LogP contribution < -0.4 is 15.5 Å². The van der Waals surface area contributed by atoms with Crippen molar-refractivity contribution in [2.24, 2.45) is 5.92 Å². The number of hydrogen-bond donors (Lipinski definition) is 2. The number of rotatable bonds is 7. The fraction of sp³-hybridized carbons (Fsp3) is 0.435. The Morgan fingerprint density at radius 2 is 1.72 bits per heavy atom. The van der Waals surface area contributed by atoms with E-state index in [1.54, 1.807) is 0 Å². The van der Waals surface area contributed by atoms with Crippen LogP contribution in [-0.4, -0.2) is 41.6 Å². The molecule has 2 aromatic heterocycles. The van der Waals surface area contributed by atoms with Gasteiger partial charge in [0.15, 0.2) is 0 Å². The molecule has 0 spiro atoms. The first-order valence-corrected chi connectivity index (χ1v) is 10.5. The Labute approximate surface area is 172 Å². The van der Waals surface area contributed by atoms with Crippen molar-refractivity contribution in [2.75, 3.05) is 30.9 Å². The van der Waals surface area contributed by atoms with Gasteiger partial charge in [0.1, 0.15) is 5.82 Å². The first-order chi connectivity index (χ1) is 14.2. The van der Waals surface area contributed by atoms with Gasteiger partial charge in [0.05, 0.1) is 5.52 Å². The third-order valence-electron chi connectivity index (χ3n) is 5.70. The summed E-state index contributed by atoms with van der Waals surface area (Å²) in [5, 5.41) is 8.28. The highest BCUT2D eigenvalue weighted by molar-refractivity contribution is 5.90. The van der Waals surface area contributed by atoms with Crippen molar-refractivity contribution in [3.63, 3.8) is 0 Å². The summed E-state index contributed by atoms with van der Waals surface area (Å²) in [5.41, 5.74) is 2.28. The molecular weight excluding hydrogens is 360 g/mol. The molecule has 2 N–H and O–H groups in total. The molecule has 3 aromatic rings. The van der Waals surface area contributed by atoms with Gasteiger partial charge in [0.25, 0.3) is 0 Å². The number of para-hydroxylation sites is 1. The number of fused-ring (bicyclic) bond motifs is 1. The van der Waals surface area contributed by atoms with Gasteiger partial charge in [0.2, 0.25) is 5.95 Å². The fourth-order valence-electron chi connectivity index (χ4n) is 4.08. The molecule has 0 radical (unpaired) electrons. The number of aromatic nitrogens is 3. The molecule has 152 valence electrons. The molecule has 1 fully saturated rings. The summed E-state index contributed by atoms with van der Waals surface area (Å²) in [7, 11) is 4.06. The summed E-state index contributed by atoms with van der Waals surface area (Å²) < 4.78 is 0. The van der Waals surface area contributed by atoms with Crippen LogP contribution in [0.2, 0.25) is 0 Å². The maximum Gasteiger partial charge on any atom is 0.225 e. The van der Waals surface area contributed by atoms with Gasteiger partial charge in [0, 0.05) is 44.5 Å². The SMILES string of the molecule is CN(C)c1nc(NC2CCC(CNCc3ccncc3)CC2)nc2ccccc12. The highest BCUT2D eigenvalue weighted by Crippen LogP contribution is 2.28. The second-order valence-corrected chi connectivity index (χ2v) is 8.13. The van der Waals surface area contributed by atoms with E-state index in [0.717, 1.165) is 54.5 Å². The molecule has 1 aliphatic rings. The Hall–Kier alpha value is -2.73. The largest absolute Gasteiger partial charge is 0.362 e. The molecule has 0 atom stereocenters. The number of nitrogens with zero attached hydrogens (tertiary/aromatic N) is 4. The normalized spacial score (nSPS) is 19.2. The molecule has 0 bridgehead atoms. The van der Waals surface area contributed by atoms with Gasteiger partial charge in [-0.3, -0.25) is 4.98 Å². The minimum Gasteiger partial charge on any atom is -0.362 e. The summed E-state index contributed by atoms with van der Waals surface area (Å²) in [6.45, 7) is 1.99. The molecule has 4 rings (SSSR count). The number of pyridine rings is 1. The first kappa shape index (κ1) is 19.6. The number of nitrogens with one attached hydrogen (secondary N) is 2. The Morgan fingerprint density at radius 3 is 2.48 bits per heavy atom. The van der Waals surface area contributed by atoms with E-state index in [0.29, 0.717) is 6.04 Å². The molecule has 1 aromatic carbocycles. The maximum absolute atomic E-state index is 4.78. The van der Waals surface area contributed by atoms with Crippen LogP contribution in [0.25, 0.3) is 10.9 Å². The third-order valence-corrected chi connectivity index (χ3v) is 5.70. The van der Waals surface area contributed by atoms with E-state index in [1.807, 2.05) is 38.6 Å². The van der Waals surface area contributed by atoms with Gasteiger partial charge in [-0.25, -0.2) is 4.98 Å². The molecule has 6 nitrogen and oxygen atoms in total. The van der Waals surface area contributed by atoms with Crippen LogP contribution in [0, 0.1) is 5.92 Å². The lowest BCUT2D eigenvalue weighted by Crippen LogP contribution is -2.31. The molecule has 29 heavy (non-hydrogen) atoms. The fourth-order valence-corrected chi connectivity index (χ4v) is 4.08. The van der Waals surface area contributed by atoms with Gasteiger partial charge in [-0.15, -0.1) is 0 Å². The van der Waals surface area contributed by atoms with Crippen LogP contribution in [0.4, 0.5) is 11.8 Å². The minimum absolute atomic E-state index is 0.447. The van der Waals surface area contributed by atoms with E-state index in [2.05, 4.69) is 44.8 Å². The zero-order valence-corrected chi connectivity index (χ0v) is 17.3. The molecule has 1 saturated carbocycles. The van der Waals surface area contributed by atoms with Crippen LogP contribution in [0.15, 0.2) is 48.8 Å². The predicted octanol–water partition coefficient (Wildman–Crippen LogP) is 3.85. The topological polar surface area (TPSA) is 66.0 Å². The monoisotopic (exact) mass is 390 g/mol. The summed E-state index contributed by atoms with van der Waals surface area (Å²) in [5.74, 6) is 2.45. The highest BCUT2D eigenvalue weighted by Gasteiger charge is 2.22. The predicted molar refractivity (Wildman–Crippen MR) is 119 cm³/mol. The van der Waals surface area contributed by atoms with Gasteiger partial charge >= 0.3 is 0 Å². The summed E-state index contributed by atoms with van der Waals surface area (Å²) in [6, 6.07) is 12.8. The third kappa shape index (κ3) is 5.01. The zero-order valence-electron chi connectivity index (χ0n) is 17.3. The molecule has 1 aliphatic carbocycles. The van der Waals surface area contributed by atoms with Crippen molar-refractivity contribution < 1.29 is 0 Å². The lowest BCUT2D eigenvalue weighted by molar-refractivity contribution is 0.324. The van der Waals surface area contributed by atoms with Crippen LogP contribution >= 0.6 is 0 Å². The smallest absolute Gasteiger partial charge is 0.225 e. The molecule has 0 unspecified atom stereocenters. The molecule has 0 amide bonds. The summed E-state index contributed by atoms with van der Waals surface area (Å²) in [4.78, 5) is 15.7. The van der Waals surface area contributed by atoms with Gasteiger partial charge < -0.3 is 15.5 Å². The van der Waals surface area contributed by atoms with Crippen molar-refractivity contribution in [3.05, 3.63) is 54.4 Å². The molecule has 0 saturated heterocycles. The standard InChI is InChI=1S/C23H30N6/c1-29(2)22-20-5-3-4-6-21(20)27-23(28-22)26-19-9-7-17(8-10-19)15-25-16-18-11-13-24-14-12-18/h3-6,11-14,17,19,25H,7-10,15-16H2,1-2H3,(H,26,27,28). The average Bonchev–Trinajstić information content (AvgIpc) is 2.75. The second-order valence-electron chi connectivity index (χ2n) is 8.13. The molecule has 2 heterocycles. The number of benzene rings is 1. The maximum atomic E-state index is 4.78. The Balaban J connectivity index is 1.30. The lowest BCUT2D eigenvalue weighted by atomic mass is 9.86. The van der Waals surface area contributed by atoms with Crippen LogP contribution in [0.3, 0.4) is 0 Å². The van der Waals surface area contributed by atoms with Gasteiger partial charge in [-0.2, -0.15) is 4.98 Å². The van der Waals surface area contributed by atoms with Gasteiger partial charge in [-0.05, 0) is 68.0 Å². The van der Waals surface area contributed by atoms with Crippen molar-refractivity contribution in [3.8, 4) is 0 Å². The summed E-state index contributed by atoms with van der Waals surface area (Å²) in [6.07, 6.45) is 8.49. The van der Waals surface area contributed by atoms with E-state index < -0.39 is 0 Å². The lowest BCUT2D eigenvalue weighted by Gasteiger charge is -2.29. The molecular formula is C23H30N6. The minimum atomic E-state index is 0.447. The molecule has 0 aliphatic heterocycles. The Bertz CT molecular complexity index is 919.